The fourth-order valence-corrected chi connectivity index (χ4v) is 4.27. The van der Waals surface area contributed by atoms with Crippen LogP contribution in [0.2, 0.25) is 0 Å². The fourth-order valence-electron chi connectivity index (χ4n) is 4.27. The van der Waals surface area contributed by atoms with Crippen molar-refractivity contribution >= 4 is 22.6 Å². The zero-order valence-corrected chi connectivity index (χ0v) is 18.2. The Balaban J connectivity index is 2.23. The molecule has 158 valence electrons. The SMILES string of the molecule is CC/N=c1/cc2oc3cc(NCC)cc(C)c3c(-c3ccccc3C(=O)O)c-2c(C)c1. The van der Waals surface area contributed by atoms with E-state index in [2.05, 4.69) is 16.4 Å². The van der Waals surface area contributed by atoms with Crippen LogP contribution in [-0.2, 0) is 0 Å². The predicted octanol–water partition coefficient (Wildman–Crippen LogP) is 5.87. The van der Waals surface area contributed by atoms with E-state index in [1.165, 1.54) is 0 Å². The van der Waals surface area contributed by atoms with Crippen molar-refractivity contribution in [3.05, 3.63) is 70.6 Å². The summed E-state index contributed by atoms with van der Waals surface area (Å²) in [6.45, 7) is 9.58. The van der Waals surface area contributed by atoms with Crippen molar-refractivity contribution in [2.45, 2.75) is 27.7 Å². The van der Waals surface area contributed by atoms with E-state index in [-0.39, 0.29) is 5.56 Å². The number of hydrogen-bond donors (Lipinski definition) is 2. The number of aromatic carboxylic acids is 1. The van der Waals surface area contributed by atoms with Crippen molar-refractivity contribution in [3.8, 4) is 22.5 Å². The van der Waals surface area contributed by atoms with Crippen molar-refractivity contribution in [3.63, 3.8) is 0 Å². The summed E-state index contributed by atoms with van der Waals surface area (Å²) in [5.74, 6) is -0.252. The Hall–Kier alpha value is -3.60. The molecule has 0 spiro atoms. The second kappa shape index (κ2) is 8.26. The van der Waals surface area contributed by atoms with E-state index in [1.807, 2.05) is 58.0 Å². The van der Waals surface area contributed by atoms with Crippen LogP contribution < -0.4 is 10.7 Å². The number of rotatable bonds is 5. The average molecular weight is 415 g/mol. The summed E-state index contributed by atoms with van der Waals surface area (Å²) < 4.78 is 6.40. The van der Waals surface area contributed by atoms with Crippen LogP contribution in [0.5, 0.6) is 0 Å². The number of carbonyl (C=O) groups is 1. The second-order valence-corrected chi connectivity index (χ2v) is 7.63. The van der Waals surface area contributed by atoms with E-state index >= 15 is 0 Å². The molecule has 2 aromatic rings. The Morgan fingerprint density at radius 2 is 1.81 bits per heavy atom. The minimum Gasteiger partial charge on any atom is -0.478 e. The van der Waals surface area contributed by atoms with Crippen molar-refractivity contribution in [1.82, 2.24) is 0 Å². The summed E-state index contributed by atoms with van der Waals surface area (Å²) in [7, 11) is 0. The maximum Gasteiger partial charge on any atom is 0.336 e. The van der Waals surface area contributed by atoms with Gasteiger partial charge in [0.05, 0.1) is 10.9 Å². The Bertz CT molecular complexity index is 1330. The van der Waals surface area contributed by atoms with Crippen molar-refractivity contribution in [2.75, 3.05) is 18.4 Å². The highest BCUT2D eigenvalue weighted by Gasteiger charge is 2.24. The minimum atomic E-state index is -0.949. The molecule has 2 aliphatic rings. The highest BCUT2D eigenvalue weighted by molar-refractivity contribution is 6.09. The zero-order chi connectivity index (χ0) is 22.1. The monoisotopic (exact) mass is 414 g/mol. The van der Waals surface area contributed by atoms with Gasteiger partial charge < -0.3 is 14.8 Å². The largest absolute Gasteiger partial charge is 0.478 e. The van der Waals surface area contributed by atoms with Gasteiger partial charge >= 0.3 is 5.97 Å². The highest BCUT2D eigenvalue weighted by Crippen LogP contribution is 2.44. The molecule has 5 nitrogen and oxygen atoms in total. The lowest BCUT2D eigenvalue weighted by atomic mass is 9.87. The minimum absolute atomic E-state index is 0.271. The molecule has 2 aromatic carbocycles. The van der Waals surface area contributed by atoms with Gasteiger partial charge in [-0.25, -0.2) is 4.79 Å². The molecule has 5 heteroatoms. The first-order valence-corrected chi connectivity index (χ1v) is 10.5. The Kier molecular flexibility index (Phi) is 5.51. The van der Waals surface area contributed by atoms with Gasteiger partial charge in [0.2, 0.25) is 0 Å². The predicted molar refractivity (Wildman–Crippen MR) is 125 cm³/mol. The summed E-state index contributed by atoms with van der Waals surface area (Å²) in [5, 5.41) is 15.0. The van der Waals surface area contributed by atoms with Gasteiger partial charge in [-0.3, -0.25) is 4.99 Å². The van der Waals surface area contributed by atoms with Gasteiger partial charge in [-0.15, -0.1) is 0 Å². The first kappa shape index (κ1) is 20.7. The fraction of sp³-hybridized carbons (Fsp3) is 0.231. The third-order valence-electron chi connectivity index (χ3n) is 5.45. The number of anilines is 1. The topological polar surface area (TPSA) is 74.8 Å². The van der Waals surface area contributed by atoms with Crippen LogP contribution in [0.3, 0.4) is 0 Å². The molecule has 0 aromatic heterocycles. The molecule has 1 aliphatic heterocycles. The molecule has 1 heterocycles. The van der Waals surface area contributed by atoms with Gasteiger partial charge in [-0.05, 0) is 62.6 Å². The number of carboxylic acids is 1. The molecule has 0 fully saturated rings. The maximum atomic E-state index is 12.1. The molecular weight excluding hydrogens is 388 g/mol. The molecule has 31 heavy (non-hydrogen) atoms. The molecule has 0 amide bonds. The van der Waals surface area contributed by atoms with Crippen molar-refractivity contribution in [1.29, 1.82) is 0 Å². The van der Waals surface area contributed by atoms with Gasteiger partial charge in [0.25, 0.3) is 0 Å². The first-order chi connectivity index (χ1) is 14.9. The van der Waals surface area contributed by atoms with Gasteiger partial charge in [0.15, 0.2) is 0 Å². The van der Waals surface area contributed by atoms with Crippen LogP contribution in [0.4, 0.5) is 5.69 Å². The second-order valence-electron chi connectivity index (χ2n) is 7.63. The van der Waals surface area contributed by atoms with E-state index < -0.39 is 5.97 Å². The summed E-state index contributed by atoms with van der Waals surface area (Å²) >= 11 is 0. The summed E-state index contributed by atoms with van der Waals surface area (Å²) in [6, 6.07) is 15.2. The number of nitrogens with zero attached hydrogens (tertiary/aromatic N) is 1. The van der Waals surface area contributed by atoms with E-state index in [0.717, 1.165) is 45.2 Å². The summed E-state index contributed by atoms with van der Waals surface area (Å²) in [5.41, 5.74) is 6.46. The number of fused-ring (bicyclic) bond motifs is 2. The lowest BCUT2D eigenvalue weighted by Crippen LogP contribution is -2.08. The van der Waals surface area contributed by atoms with Crippen LogP contribution in [0.25, 0.3) is 33.4 Å². The number of aryl methyl sites for hydroxylation is 2. The quantitative estimate of drug-likeness (QED) is 0.400. The average Bonchev–Trinajstić information content (AvgIpc) is 2.72. The molecule has 2 N–H and O–H groups in total. The molecule has 0 atom stereocenters. The molecule has 1 aliphatic carbocycles. The molecule has 0 bridgehead atoms. The molecular formula is C26H26N2O3. The Morgan fingerprint density at radius 3 is 2.52 bits per heavy atom. The lowest BCUT2D eigenvalue weighted by molar-refractivity contribution is 0.0697. The van der Waals surface area contributed by atoms with E-state index in [0.29, 0.717) is 23.5 Å². The van der Waals surface area contributed by atoms with Gasteiger partial charge in [-0.2, -0.15) is 0 Å². The molecule has 0 radical (unpaired) electrons. The van der Waals surface area contributed by atoms with Gasteiger partial charge in [-0.1, -0.05) is 18.2 Å². The Labute approximate surface area is 181 Å². The third kappa shape index (κ3) is 3.67. The van der Waals surface area contributed by atoms with Crippen molar-refractivity contribution in [2.24, 2.45) is 4.99 Å². The van der Waals surface area contributed by atoms with Crippen LogP contribution in [0, 0.1) is 13.8 Å². The van der Waals surface area contributed by atoms with Crippen molar-refractivity contribution < 1.29 is 14.3 Å². The highest BCUT2D eigenvalue weighted by atomic mass is 16.4. The number of benzene rings is 3. The summed E-state index contributed by atoms with van der Waals surface area (Å²) in [4.78, 5) is 16.6. The Morgan fingerprint density at radius 1 is 1.03 bits per heavy atom. The number of carboxylic acid groups (broad SMARTS) is 1. The molecule has 0 saturated carbocycles. The van der Waals surface area contributed by atoms with E-state index in [1.54, 1.807) is 12.1 Å². The van der Waals surface area contributed by atoms with Gasteiger partial charge in [0, 0.05) is 47.4 Å². The summed E-state index contributed by atoms with van der Waals surface area (Å²) in [6.07, 6.45) is 0. The number of hydrogen-bond acceptors (Lipinski definition) is 4. The van der Waals surface area contributed by atoms with E-state index in [9.17, 15) is 9.90 Å². The normalized spacial score (nSPS) is 11.9. The van der Waals surface area contributed by atoms with E-state index in [4.69, 9.17) is 4.42 Å². The number of nitrogens with one attached hydrogen (secondary N) is 1. The van der Waals surface area contributed by atoms with Crippen LogP contribution >= 0.6 is 0 Å². The van der Waals surface area contributed by atoms with Crippen LogP contribution in [0.15, 0.2) is 57.9 Å². The first-order valence-electron chi connectivity index (χ1n) is 10.5. The molecule has 0 unspecified atom stereocenters. The lowest BCUT2D eigenvalue weighted by Gasteiger charge is -2.20. The maximum absolute atomic E-state index is 12.1. The smallest absolute Gasteiger partial charge is 0.336 e. The van der Waals surface area contributed by atoms with Gasteiger partial charge in [0.1, 0.15) is 11.3 Å². The standard InChI is InChI=1S/C26H26N2O3/c1-5-27-17-11-15(3)23-21(13-17)31-22-14-18(28-6-2)12-16(4)24(22)25(23)19-9-7-8-10-20(19)26(29)30/h7-14,27H,5-6H2,1-4H3,(H,29,30)/b28-18+. The molecule has 4 rings (SSSR count). The molecule has 0 saturated heterocycles. The zero-order valence-electron chi connectivity index (χ0n) is 18.2. The third-order valence-corrected chi connectivity index (χ3v) is 5.45. The van der Waals surface area contributed by atoms with Crippen LogP contribution in [0.1, 0.15) is 35.3 Å². The van der Waals surface area contributed by atoms with Crippen LogP contribution in [-0.4, -0.2) is 24.2 Å².